The lowest BCUT2D eigenvalue weighted by Crippen LogP contribution is -2.04. The number of aliphatic hydroxyl groups is 1. The van der Waals surface area contributed by atoms with E-state index in [4.69, 9.17) is 10.8 Å². The van der Waals surface area contributed by atoms with Crippen molar-refractivity contribution in [3.05, 3.63) is 65.4 Å². The molecule has 1 fully saturated rings. The predicted octanol–water partition coefficient (Wildman–Crippen LogP) is 4.54. The standard InChI is InChI=1S/C25H28FN7O/c1-14-23(16(3)34)15(2)33(30-14)22-12-21(27)29-25-20(10-11-28-22)24(18-6-8-19(26)9-7-18)31-32(25)13-17-4-5-17/h6-12,16-17,29,34H,4-5,13,27H2,1-3H3. The van der Waals surface area contributed by atoms with Crippen molar-refractivity contribution in [1.82, 2.24) is 29.5 Å². The van der Waals surface area contributed by atoms with Crippen LogP contribution in [-0.4, -0.2) is 34.6 Å². The van der Waals surface area contributed by atoms with E-state index in [0.29, 0.717) is 17.6 Å². The van der Waals surface area contributed by atoms with Gasteiger partial charge in [0.05, 0.1) is 11.8 Å². The van der Waals surface area contributed by atoms with Crippen LogP contribution in [0.3, 0.4) is 0 Å². The van der Waals surface area contributed by atoms with Gasteiger partial charge in [-0.25, -0.2) is 18.7 Å². The molecule has 1 atom stereocenters. The van der Waals surface area contributed by atoms with Gasteiger partial charge in [0.1, 0.15) is 23.0 Å². The molecule has 1 unspecified atom stereocenters. The number of rotatable bonds is 5. The molecule has 8 nitrogen and oxygen atoms in total. The van der Waals surface area contributed by atoms with Crippen LogP contribution in [0.2, 0.25) is 0 Å². The van der Waals surface area contributed by atoms with Crippen molar-refractivity contribution in [3.63, 3.8) is 0 Å². The third-order valence-corrected chi connectivity index (χ3v) is 6.21. The van der Waals surface area contributed by atoms with Crippen LogP contribution < -0.4 is 5.73 Å². The fourth-order valence-corrected chi connectivity index (χ4v) is 4.40. The van der Waals surface area contributed by atoms with E-state index in [9.17, 15) is 9.50 Å². The number of halogens is 1. The zero-order valence-corrected chi connectivity index (χ0v) is 19.5. The molecule has 34 heavy (non-hydrogen) atoms. The highest BCUT2D eigenvalue weighted by Gasteiger charge is 2.24. The number of nitrogens with two attached hydrogens (primary N) is 1. The van der Waals surface area contributed by atoms with E-state index in [-0.39, 0.29) is 5.82 Å². The summed E-state index contributed by atoms with van der Waals surface area (Å²) >= 11 is 0. The first kappa shape index (κ1) is 22.1. The highest BCUT2D eigenvalue weighted by Crippen LogP contribution is 2.33. The SMILES string of the molecule is Cc1nn(-c2cc(N)[nH]c3c(ccn2)c(-c2ccc(F)cc2)nn3CC2CC2)c(C)c1C(C)O. The van der Waals surface area contributed by atoms with Crippen LogP contribution in [0.25, 0.3) is 28.1 Å². The molecule has 0 radical (unpaired) electrons. The molecule has 1 aliphatic rings. The molecule has 0 amide bonds. The Morgan fingerprint density at radius 1 is 1.18 bits per heavy atom. The number of benzene rings is 1. The van der Waals surface area contributed by atoms with Crippen LogP contribution in [0, 0.1) is 25.6 Å². The maximum Gasteiger partial charge on any atom is 0.157 e. The Morgan fingerprint density at radius 2 is 1.91 bits per heavy atom. The zero-order valence-electron chi connectivity index (χ0n) is 19.5. The molecular formula is C25H28FN7O. The van der Waals surface area contributed by atoms with Gasteiger partial charge in [0, 0.05) is 41.0 Å². The lowest BCUT2D eigenvalue weighted by atomic mass is 10.1. The molecule has 176 valence electrons. The number of aliphatic hydroxyl groups excluding tert-OH is 1. The summed E-state index contributed by atoms with van der Waals surface area (Å²) in [6.07, 6.45) is 3.41. The Kier molecular flexibility index (Phi) is 5.57. The molecule has 4 N–H and O–H groups in total. The highest BCUT2D eigenvalue weighted by atomic mass is 19.1. The number of nitrogens with zero attached hydrogens (tertiary/aromatic N) is 5. The van der Waals surface area contributed by atoms with Crippen LogP contribution in [-0.2, 0) is 6.54 Å². The first-order valence-corrected chi connectivity index (χ1v) is 11.4. The lowest BCUT2D eigenvalue weighted by Gasteiger charge is -2.06. The van der Waals surface area contributed by atoms with Crippen LogP contribution >= 0.6 is 0 Å². The van der Waals surface area contributed by atoms with Gasteiger partial charge in [0.25, 0.3) is 0 Å². The van der Waals surface area contributed by atoms with Crippen LogP contribution in [0.5, 0.6) is 0 Å². The van der Waals surface area contributed by atoms with Crippen LogP contribution in [0.15, 0.2) is 42.6 Å². The number of hydrogen-bond donors (Lipinski definition) is 3. The number of nitrogens with one attached hydrogen (secondary N) is 1. The number of fused-ring (bicyclic) bond motifs is 1. The fraction of sp³-hybridized carbons (Fsp3) is 0.320. The third-order valence-electron chi connectivity index (χ3n) is 6.21. The summed E-state index contributed by atoms with van der Waals surface area (Å²) < 4.78 is 17.2. The number of H-pyrrole nitrogens is 1. The molecular weight excluding hydrogens is 433 g/mol. The molecule has 1 aliphatic carbocycles. The van der Waals surface area contributed by atoms with Crippen molar-refractivity contribution in [2.24, 2.45) is 5.92 Å². The van der Waals surface area contributed by atoms with E-state index >= 15 is 0 Å². The lowest BCUT2D eigenvalue weighted by molar-refractivity contribution is 0.197. The smallest absolute Gasteiger partial charge is 0.157 e. The minimum atomic E-state index is -0.642. The van der Waals surface area contributed by atoms with Crippen molar-refractivity contribution < 1.29 is 9.50 Å². The molecule has 3 aromatic heterocycles. The topological polar surface area (TPSA) is 111 Å². The Labute approximate surface area is 196 Å². The van der Waals surface area contributed by atoms with Gasteiger partial charge in [-0.3, -0.25) is 0 Å². The second-order valence-electron chi connectivity index (χ2n) is 8.94. The van der Waals surface area contributed by atoms with Gasteiger partial charge in [0.15, 0.2) is 5.82 Å². The van der Waals surface area contributed by atoms with E-state index in [1.54, 1.807) is 36.0 Å². The normalized spacial score (nSPS) is 14.4. The van der Waals surface area contributed by atoms with E-state index < -0.39 is 6.10 Å². The fourth-order valence-electron chi connectivity index (χ4n) is 4.40. The molecule has 0 bridgehead atoms. The molecule has 0 saturated heterocycles. The van der Waals surface area contributed by atoms with Gasteiger partial charge in [-0.05, 0) is 69.9 Å². The Bertz CT molecular complexity index is 1410. The van der Waals surface area contributed by atoms with Crippen molar-refractivity contribution in [3.8, 4) is 17.1 Å². The monoisotopic (exact) mass is 461 g/mol. The molecule has 9 heteroatoms. The van der Waals surface area contributed by atoms with E-state index in [1.807, 2.05) is 24.6 Å². The first-order chi connectivity index (χ1) is 16.3. The largest absolute Gasteiger partial charge is 0.389 e. The second-order valence-corrected chi connectivity index (χ2v) is 8.94. The quantitative estimate of drug-likeness (QED) is 0.404. The third kappa shape index (κ3) is 4.14. The number of anilines is 1. The Morgan fingerprint density at radius 3 is 2.56 bits per heavy atom. The summed E-state index contributed by atoms with van der Waals surface area (Å²) in [4.78, 5) is 7.94. The van der Waals surface area contributed by atoms with Crippen molar-refractivity contribution >= 4 is 16.9 Å². The average Bonchev–Trinajstić information content (AvgIpc) is 3.45. The average molecular weight is 462 g/mol. The molecule has 1 aromatic carbocycles. The Hall–Kier alpha value is -3.72. The summed E-state index contributed by atoms with van der Waals surface area (Å²) in [5.74, 6) is 1.20. The van der Waals surface area contributed by atoms with E-state index in [0.717, 1.165) is 45.8 Å². The maximum absolute atomic E-state index is 13.5. The number of aryl methyl sites for hydroxylation is 1. The number of hydrogen-bond acceptors (Lipinski definition) is 5. The van der Waals surface area contributed by atoms with Crippen LogP contribution in [0.4, 0.5) is 10.2 Å². The van der Waals surface area contributed by atoms with E-state index in [2.05, 4.69) is 15.1 Å². The number of aromatic amines is 1. The molecule has 5 rings (SSSR count). The highest BCUT2D eigenvalue weighted by molar-refractivity contribution is 5.91. The van der Waals surface area contributed by atoms with Crippen molar-refractivity contribution in [1.29, 1.82) is 0 Å². The molecule has 0 spiro atoms. The summed E-state index contributed by atoms with van der Waals surface area (Å²) in [6.45, 7) is 6.25. The van der Waals surface area contributed by atoms with Crippen molar-refractivity contribution in [2.45, 2.75) is 46.3 Å². The van der Waals surface area contributed by atoms with Crippen molar-refractivity contribution in [2.75, 3.05) is 5.73 Å². The minimum Gasteiger partial charge on any atom is -0.389 e. The van der Waals surface area contributed by atoms with Gasteiger partial charge >= 0.3 is 0 Å². The number of aromatic nitrogens is 6. The van der Waals surface area contributed by atoms with Crippen LogP contribution in [0.1, 0.15) is 42.8 Å². The predicted molar refractivity (Wildman–Crippen MR) is 129 cm³/mol. The molecule has 4 aromatic rings. The van der Waals surface area contributed by atoms with Gasteiger partial charge < -0.3 is 15.8 Å². The van der Waals surface area contributed by atoms with Gasteiger partial charge in [-0.15, -0.1) is 0 Å². The number of nitrogen functional groups attached to an aromatic ring is 1. The summed E-state index contributed by atoms with van der Waals surface area (Å²) in [6, 6.07) is 9.91. The van der Waals surface area contributed by atoms with Gasteiger partial charge in [-0.1, -0.05) is 0 Å². The second kappa shape index (κ2) is 8.57. The van der Waals surface area contributed by atoms with Gasteiger partial charge in [-0.2, -0.15) is 10.2 Å². The van der Waals surface area contributed by atoms with E-state index in [1.165, 1.54) is 25.0 Å². The molecule has 3 heterocycles. The zero-order chi connectivity index (χ0) is 24.0. The first-order valence-electron chi connectivity index (χ1n) is 11.4. The molecule has 1 saturated carbocycles. The summed E-state index contributed by atoms with van der Waals surface area (Å²) in [5, 5.41) is 20.4. The summed E-state index contributed by atoms with van der Waals surface area (Å²) in [5.41, 5.74) is 11.0. The maximum atomic E-state index is 13.5. The minimum absolute atomic E-state index is 0.294. The van der Waals surface area contributed by atoms with Gasteiger partial charge in [0.2, 0.25) is 0 Å². The molecule has 0 aliphatic heterocycles. The Balaban J connectivity index is 1.72. The summed E-state index contributed by atoms with van der Waals surface area (Å²) in [7, 11) is 0.